The van der Waals surface area contributed by atoms with Gasteiger partial charge in [0, 0.05) is 12.7 Å². The number of aryl methyl sites for hydroxylation is 2. The van der Waals surface area contributed by atoms with E-state index in [9.17, 15) is 42.6 Å². The van der Waals surface area contributed by atoms with Crippen molar-refractivity contribution >= 4 is 29.4 Å². The third-order valence-electron chi connectivity index (χ3n) is 5.59. The number of halogens is 3. The highest BCUT2D eigenvalue weighted by Gasteiger charge is 2.34. The third-order valence-corrected chi connectivity index (χ3v) is 5.59. The van der Waals surface area contributed by atoms with E-state index in [4.69, 9.17) is 0 Å². The monoisotopic (exact) mass is 514 g/mol. The molecule has 37 heavy (non-hydrogen) atoms. The summed E-state index contributed by atoms with van der Waals surface area (Å²) in [4.78, 5) is 48.4. The maximum absolute atomic E-state index is 14.0. The molecule has 0 aliphatic heterocycles. The molecule has 11 heteroatoms. The number of benzene rings is 3. The standard InChI is InChI=1S/C26H21F3N2O6/c1-12-4-6-15(13(2)8-12)16-7-5-14(9-21(16)26(27,28)29)31-23(33)18-10-17(22(32)30-3)19(24(34)35)11-20(18)25(36)37/h4-11H,1-3H3,(H,30,32)(H,31,33)(H,34,35)(H,36,37). The molecule has 0 heterocycles. The zero-order valence-corrected chi connectivity index (χ0v) is 19.8. The lowest BCUT2D eigenvalue weighted by Crippen LogP contribution is -2.24. The molecule has 0 atom stereocenters. The van der Waals surface area contributed by atoms with Crippen molar-refractivity contribution in [1.29, 1.82) is 0 Å². The number of carboxylic acids is 2. The summed E-state index contributed by atoms with van der Waals surface area (Å²) in [6.45, 7) is 3.49. The molecule has 0 bridgehead atoms. The van der Waals surface area contributed by atoms with Gasteiger partial charge < -0.3 is 20.8 Å². The van der Waals surface area contributed by atoms with Gasteiger partial charge in [0.2, 0.25) is 0 Å². The highest BCUT2D eigenvalue weighted by atomic mass is 19.4. The Morgan fingerprint density at radius 2 is 1.27 bits per heavy atom. The van der Waals surface area contributed by atoms with Crippen LogP contribution in [0.15, 0.2) is 48.5 Å². The number of anilines is 1. The van der Waals surface area contributed by atoms with E-state index in [2.05, 4.69) is 10.6 Å². The fraction of sp³-hybridized carbons (Fsp3) is 0.154. The molecule has 0 saturated carbocycles. The normalized spacial score (nSPS) is 11.1. The predicted octanol–water partition coefficient (Wildman–Crippen LogP) is 5.00. The van der Waals surface area contributed by atoms with E-state index >= 15 is 0 Å². The van der Waals surface area contributed by atoms with Crippen LogP contribution in [0.25, 0.3) is 11.1 Å². The van der Waals surface area contributed by atoms with Crippen LogP contribution in [-0.4, -0.2) is 41.0 Å². The first kappa shape index (κ1) is 26.9. The zero-order valence-electron chi connectivity index (χ0n) is 19.8. The molecule has 0 radical (unpaired) electrons. The van der Waals surface area contributed by atoms with Gasteiger partial charge in [0.15, 0.2) is 0 Å². The Bertz CT molecular complexity index is 1450. The molecule has 0 aliphatic carbocycles. The van der Waals surface area contributed by atoms with Gasteiger partial charge in [-0.1, -0.05) is 29.8 Å². The summed E-state index contributed by atoms with van der Waals surface area (Å²) in [6, 6.07) is 9.55. The molecule has 2 amide bonds. The van der Waals surface area contributed by atoms with Crippen LogP contribution in [-0.2, 0) is 6.18 Å². The van der Waals surface area contributed by atoms with Crippen LogP contribution in [0.1, 0.15) is 58.1 Å². The molecule has 0 unspecified atom stereocenters. The van der Waals surface area contributed by atoms with Crippen molar-refractivity contribution in [2.24, 2.45) is 0 Å². The second-order valence-electron chi connectivity index (χ2n) is 8.16. The number of alkyl halides is 3. The number of carbonyl (C=O) groups is 4. The van der Waals surface area contributed by atoms with Crippen LogP contribution in [0.5, 0.6) is 0 Å². The first-order valence-corrected chi connectivity index (χ1v) is 10.7. The van der Waals surface area contributed by atoms with Gasteiger partial charge in [0.05, 0.1) is 27.8 Å². The lowest BCUT2D eigenvalue weighted by molar-refractivity contribution is -0.137. The number of nitrogens with one attached hydrogen (secondary N) is 2. The fourth-order valence-corrected chi connectivity index (χ4v) is 3.87. The summed E-state index contributed by atoms with van der Waals surface area (Å²) < 4.78 is 41.9. The first-order chi connectivity index (χ1) is 17.2. The molecular weight excluding hydrogens is 493 g/mol. The number of rotatable bonds is 6. The van der Waals surface area contributed by atoms with Crippen molar-refractivity contribution in [2.75, 3.05) is 12.4 Å². The SMILES string of the molecule is CNC(=O)c1cc(C(=O)Nc2ccc(-c3ccc(C)cc3C)c(C(F)(F)F)c2)c(C(=O)O)cc1C(=O)O. The molecular formula is C26H21F3N2O6. The average Bonchev–Trinajstić information content (AvgIpc) is 2.82. The second-order valence-corrected chi connectivity index (χ2v) is 8.16. The Kier molecular flexibility index (Phi) is 7.37. The Hall–Kier alpha value is -4.67. The lowest BCUT2D eigenvalue weighted by atomic mass is 9.94. The minimum Gasteiger partial charge on any atom is -0.478 e. The van der Waals surface area contributed by atoms with E-state index in [1.165, 1.54) is 19.2 Å². The highest BCUT2D eigenvalue weighted by Crippen LogP contribution is 2.40. The summed E-state index contributed by atoms with van der Waals surface area (Å²) >= 11 is 0. The van der Waals surface area contributed by atoms with Crippen LogP contribution in [0.2, 0.25) is 0 Å². The molecule has 3 rings (SSSR count). The van der Waals surface area contributed by atoms with Crippen molar-refractivity contribution < 1.29 is 42.6 Å². The Morgan fingerprint density at radius 3 is 1.78 bits per heavy atom. The van der Waals surface area contributed by atoms with Crippen LogP contribution in [0.3, 0.4) is 0 Å². The van der Waals surface area contributed by atoms with Crippen molar-refractivity contribution in [1.82, 2.24) is 5.32 Å². The van der Waals surface area contributed by atoms with Gasteiger partial charge in [-0.25, -0.2) is 9.59 Å². The van der Waals surface area contributed by atoms with Crippen LogP contribution >= 0.6 is 0 Å². The number of hydrogen-bond donors (Lipinski definition) is 4. The van der Waals surface area contributed by atoms with Crippen LogP contribution in [0, 0.1) is 13.8 Å². The van der Waals surface area contributed by atoms with E-state index in [0.717, 1.165) is 17.7 Å². The minimum absolute atomic E-state index is 0.109. The van der Waals surface area contributed by atoms with E-state index < -0.39 is 57.7 Å². The van der Waals surface area contributed by atoms with E-state index in [-0.39, 0.29) is 11.3 Å². The van der Waals surface area contributed by atoms with E-state index in [0.29, 0.717) is 17.2 Å². The summed E-state index contributed by atoms with van der Waals surface area (Å²) in [6.07, 6.45) is -4.78. The Morgan fingerprint density at radius 1 is 0.730 bits per heavy atom. The number of aromatic carboxylic acids is 2. The zero-order chi connectivity index (χ0) is 27.7. The summed E-state index contributed by atoms with van der Waals surface area (Å²) in [7, 11) is 1.20. The summed E-state index contributed by atoms with van der Waals surface area (Å²) in [5.41, 5.74) is -2.09. The van der Waals surface area contributed by atoms with Gasteiger partial charge in [0.1, 0.15) is 0 Å². The van der Waals surface area contributed by atoms with E-state index in [1.807, 2.05) is 6.92 Å². The van der Waals surface area contributed by atoms with Crippen LogP contribution < -0.4 is 10.6 Å². The first-order valence-electron chi connectivity index (χ1n) is 10.7. The molecule has 0 aromatic heterocycles. The molecule has 3 aromatic carbocycles. The topological polar surface area (TPSA) is 133 Å². The van der Waals surface area contributed by atoms with Gasteiger partial charge in [-0.15, -0.1) is 0 Å². The maximum Gasteiger partial charge on any atom is 0.417 e. The molecule has 0 spiro atoms. The van der Waals surface area contributed by atoms with Gasteiger partial charge >= 0.3 is 18.1 Å². The molecule has 0 fully saturated rings. The van der Waals surface area contributed by atoms with Gasteiger partial charge in [0.25, 0.3) is 11.8 Å². The Labute approximate surface area is 208 Å². The van der Waals surface area contributed by atoms with Crippen molar-refractivity contribution in [3.8, 4) is 11.1 Å². The molecule has 0 aliphatic rings. The quantitative estimate of drug-likeness (QED) is 0.366. The van der Waals surface area contributed by atoms with Gasteiger partial charge in [-0.05, 0) is 54.8 Å². The average molecular weight is 514 g/mol. The Balaban J connectivity index is 2.11. The van der Waals surface area contributed by atoms with E-state index in [1.54, 1.807) is 25.1 Å². The van der Waals surface area contributed by atoms with Crippen molar-refractivity contribution in [2.45, 2.75) is 20.0 Å². The molecule has 192 valence electrons. The largest absolute Gasteiger partial charge is 0.478 e. The molecule has 0 saturated heterocycles. The third kappa shape index (κ3) is 5.61. The van der Waals surface area contributed by atoms with Crippen molar-refractivity contribution in [3.63, 3.8) is 0 Å². The summed E-state index contributed by atoms with van der Waals surface area (Å²) in [5, 5.41) is 23.3. The number of hydrogen-bond acceptors (Lipinski definition) is 4. The van der Waals surface area contributed by atoms with Crippen LogP contribution in [0.4, 0.5) is 18.9 Å². The minimum atomic E-state index is -4.78. The number of amides is 2. The second kappa shape index (κ2) is 10.1. The molecule has 4 N–H and O–H groups in total. The predicted molar refractivity (Wildman–Crippen MR) is 128 cm³/mol. The van der Waals surface area contributed by atoms with Crippen molar-refractivity contribution in [3.05, 3.63) is 87.5 Å². The molecule has 3 aromatic rings. The lowest BCUT2D eigenvalue weighted by Gasteiger charge is -2.17. The smallest absolute Gasteiger partial charge is 0.417 e. The highest BCUT2D eigenvalue weighted by molar-refractivity contribution is 6.14. The van der Waals surface area contributed by atoms with Gasteiger partial charge in [-0.3, -0.25) is 9.59 Å². The maximum atomic E-state index is 14.0. The number of carboxylic acid groups (broad SMARTS) is 2. The summed E-state index contributed by atoms with van der Waals surface area (Å²) in [5.74, 6) is -5.32. The number of carbonyl (C=O) groups excluding carboxylic acids is 2. The molecule has 8 nitrogen and oxygen atoms in total. The fourth-order valence-electron chi connectivity index (χ4n) is 3.87. The van der Waals surface area contributed by atoms with Gasteiger partial charge in [-0.2, -0.15) is 13.2 Å².